The van der Waals surface area contributed by atoms with Gasteiger partial charge in [0, 0.05) is 29.5 Å². The molecule has 6 atom stereocenters. The number of halogens is 1. The van der Waals surface area contributed by atoms with Crippen molar-refractivity contribution in [3.05, 3.63) is 83.9 Å². The van der Waals surface area contributed by atoms with Crippen LogP contribution in [-0.4, -0.2) is 71.2 Å². The zero-order valence-corrected chi connectivity index (χ0v) is 23.1. The summed E-state index contributed by atoms with van der Waals surface area (Å²) >= 11 is 6.11. The molecule has 2 fully saturated rings. The Morgan fingerprint density at radius 2 is 1.57 bits per heavy atom. The highest BCUT2D eigenvalue weighted by molar-refractivity contribution is 6.30. The van der Waals surface area contributed by atoms with Crippen LogP contribution in [0.1, 0.15) is 13.8 Å². The van der Waals surface area contributed by atoms with Crippen LogP contribution in [0.15, 0.2) is 78.9 Å². The normalized spacial score (nSPS) is 30.3. The minimum atomic E-state index is -1.37. The average Bonchev–Trinajstić information content (AvgIpc) is 3.25. The van der Waals surface area contributed by atoms with E-state index in [0.29, 0.717) is 17.3 Å². The molecule has 6 rings (SSSR count). The maximum Gasteiger partial charge on any atom is 0.253 e. The van der Waals surface area contributed by atoms with Crippen LogP contribution in [0.4, 0.5) is 11.4 Å². The van der Waals surface area contributed by atoms with Gasteiger partial charge in [-0.15, -0.1) is 0 Å². The molecule has 4 aliphatic heterocycles. The van der Waals surface area contributed by atoms with Gasteiger partial charge in [0.1, 0.15) is 11.6 Å². The van der Waals surface area contributed by atoms with Crippen molar-refractivity contribution in [2.45, 2.75) is 37.6 Å². The van der Waals surface area contributed by atoms with Crippen molar-refractivity contribution < 1.29 is 24.2 Å². The van der Waals surface area contributed by atoms with Crippen molar-refractivity contribution in [3.8, 4) is 0 Å². The number of benzene rings is 2. The highest BCUT2D eigenvalue weighted by atomic mass is 35.5. The van der Waals surface area contributed by atoms with Gasteiger partial charge < -0.3 is 24.5 Å². The second-order valence-corrected chi connectivity index (χ2v) is 11.6. The third-order valence-corrected chi connectivity index (χ3v) is 8.87. The van der Waals surface area contributed by atoms with Crippen LogP contribution in [0, 0.1) is 17.8 Å². The molecule has 1 spiro atoms. The number of fused-ring (bicyclic) bond motifs is 2. The highest BCUT2D eigenvalue weighted by Crippen LogP contribution is 2.54. The number of carbonyl (C=O) groups is 3. The number of carbonyl (C=O) groups excluding carboxylic acids is 3. The average molecular weight is 562 g/mol. The molecular weight excluding hydrogens is 530 g/mol. The lowest BCUT2D eigenvalue weighted by molar-refractivity contribution is -0.145. The quantitative estimate of drug-likeness (QED) is 0.565. The highest BCUT2D eigenvalue weighted by Gasteiger charge is 2.72. The van der Waals surface area contributed by atoms with E-state index in [0.717, 1.165) is 5.69 Å². The summed E-state index contributed by atoms with van der Waals surface area (Å²) in [6.45, 7) is 4.10. The van der Waals surface area contributed by atoms with Crippen molar-refractivity contribution in [1.82, 2.24) is 4.90 Å². The predicted molar refractivity (Wildman–Crippen MR) is 152 cm³/mol. The summed E-state index contributed by atoms with van der Waals surface area (Å²) in [7, 11) is 0. The molecule has 9 heteroatoms. The molecular formula is C31H32ClN3O5. The molecule has 2 saturated heterocycles. The number of aliphatic hydroxyl groups is 1. The fourth-order valence-corrected chi connectivity index (χ4v) is 6.87. The van der Waals surface area contributed by atoms with Crippen molar-refractivity contribution in [3.63, 3.8) is 0 Å². The number of ether oxygens (including phenoxy) is 1. The molecule has 0 aromatic heterocycles. The molecule has 0 radical (unpaired) electrons. The summed E-state index contributed by atoms with van der Waals surface area (Å²) in [5.41, 5.74) is -0.00272. The molecule has 0 aliphatic carbocycles. The molecule has 2 aromatic carbocycles. The van der Waals surface area contributed by atoms with Crippen LogP contribution in [0.25, 0.3) is 0 Å². The van der Waals surface area contributed by atoms with E-state index in [-0.39, 0.29) is 36.8 Å². The van der Waals surface area contributed by atoms with E-state index < -0.39 is 35.6 Å². The van der Waals surface area contributed by atoms with Gasteiger partial charge in [0.05, 0.1) is 30.6 Å². The number of anilines is 2. The van der Waals surface area contributed by atoms with E-state index in [1.165, 1.54) is 4.90 Å². The Hall–Kier alpha value is -3.46. The number of likely N-dealkylation sites (tertiary alicyclic amines) is 1. The minimum Gasteiger partial charge on any atom is -0.394 e. The zero-order valence-electron chi connectivity index (χ0n) is 22.4. The second kappa shape index (κ2) is 10.2. The number of aliphatic hydroxyl groups excluding tert-OH is 1. The first-order valence-electron chi connectivity index (χ1n) is 13.7. The monoisotopic (exact) mass is 561 g/mol. The SMILES string of the molecule is CC(C)[C@H](CO)N1C(=O)[C@@H]2[C@@H]3C(=O)N(c4ccccc4)CC=C[C@@H]3O[C@@]23C=CCN(c2ccc(Cl)cc2)C(=O)C13. The van der Waals surface area contributed by atoms with Crippen LogP contribution < -0.4 is 9.80 Å². The van der Waals surface area contributed by atoms with E-state index in [1.807, 2.05) is 68.5 Å². The van der Waals surface area contributed by atoms with E-state index in [1.54, 1.807) is 34.1 Å². The van der Waals surface area contributed by atoms with Crippen molar-refractivity contribution in [2.75, 3.05) is 29.5 Å². The summed E-state index contributed by atoms with van der Waals surface area (Å²) in [6, 6.07) is 14.6. The smallest absolute Gasteiger partial charge is 0.253 e. The summed E-state index contributed by atoms with van der Waals surface area (Å²) in [6.07, 6.45) is 6.71. The van der Waals surface area contributed by atoms with Gasteiger partial charge in [0.25, 0.3) is 5.91 Å². The topological polar surface area (TPSA) is 90.4 Å². The Morgan fingerprint density at radius 3 is 2.25 bits per heavy atom. The third-order valence-electron chi connectivity index (χ3n) is 8.62. The van der Waals surface area contributed by atoms with E-state index in [2.05, 4.69) is 0 Å². The van der Waals surface area contributed by atoms with E-state index in [4.69, 9.17) is 16.3 Å². The third kappa shape index (κ3) is 4.00. The van der Waals surface area contributed by atoms with Gasteiger partial charge >= 0.3 is 0 Å². The van der Waals surface area contributed by atoms with Crippen LogP contribution >= 0.6 is 11.6 Å². The Labute approximate surface area is 238 Å². The molecule has 1 N–H and O–H groups in total. The van der Waals surface area contributed by atoms with Gasteiger partial charge in [-0.25, -0.2) is 0 Å². The maximum atomic E-state index is 14.5. The minimum absolute atomic E-state index is 0.143. The van der Waals surface area contributed by atoms with Crippen LogP contribution in [0.2, 0.25) is 5.02 Å². The largest absolute Gasteiger partial charge is 0.394 e. The summed E-state index contributed by atoms with van der Waals surface area (Å²) in [4.78, 5) is 47.9. The first-order chi connectivity index (χ1) is 19.3. The molecule has 4 aliphatic rings. The predicted octanol–water partition coefficient (Wildman–Crippen LogP) is 3.44. The van der Waals surface area contributed by atoms with Crippen LogP contribution in [0.3, 0.4) is 0 Å². The first-order valence-corrected chi connectivity index (χ1v) is 14.0. The molecule has 2 aromatic rings. The molecule has 1 unspecified atom stereocenters. The Morgan fingerprint density at radius 1 is 0.925 bits per heavy atom. The number of nitrogens with zero attached hydrogens (tertiary/aromatic N) is 3. The van der Waals surface area contributed by atoms with E-state index >= 15 is 0 Å². The lowest BCUT2D eigenvalue weighted by atomic mass is 9.77. The number of rotatable bonds is 5. The fraction of sp³-hybridized carbons (Fsp3) is 0.387. The van der Waals surface area contributed by atoms with Crippen molar-refractivity contribution in [1.29, 1.82) is 0 Å². The summed E-state index contributed by atoms with van der Waals surface area (Å²) < 4.78 is 6.71. The number of hydrogen-bond donors (Lipinski definition) is 1. The van der Waals surface area contributed by atoms with Gasteiger partial charge in [-0.1, -0.05) is 68.0 Å². The van der Waals surface area contributed by atoms with Gasteiger partial charge in [-0.05, 0) is 42.3 Å². The molecule has 8 nitrogen and oxygen atoms in total. The summed E-state index contributed by atoms with van der Waals surface area (Å²) in [5, 5.41) is 11.0. The number of amides is 3. The van der Waals surface area contributed by atoms with Gasteiger partial charge in [0.15, 0.2) is 0 Å². The van der Waals surface area contributed by atoms with Crippen molar-refractivity contribution >= 4 is 40.7 Å². The van der Waals surface area contributed by atoms with Crippen molar-refractivity contribution in [2.24, 2.45) is 17.8 Å². The second-order valence-electron chi connectivity index (χ2n) is 11.1. The lowest BCUT2D eigenvalue weighted by Crippen LogP contribution is -2.59. The first kappa shape index (κ1) is 26.7. The molecule has 40 heavy (non-hydrogen) atoms. The lowest BCUT2D eigenvalue weighted by Gasteiger charge is -2.39. The van der Waals surface area contributed by atoms with Gasteiger partial charge in [-0.2, -0.15) is 0 Å². The number of hydrogen-bond acceptors (Lipinski definition) is 5. The molecule has 4 heterocycles. The molecule has 0 bridgehead atoms. The standard InChI is InChI=1S/C31H32ClN3O5/c1-19(2)23(18-36)35-27-30(39)34(22-13-11-20(32)12-14-22)17-7-15-31(27)26(29(35)38)25-24(40-31)10-6-16-33(28(25)37)21-8-4-3-5-9-21/h3-15,19,23-27,36H,16-18H2,1-2H3/t23-,24-,25+,26-,27?,31-/m0/s1. The Balaban J connectivity index is 1.48. The summed E-state index contributed by atoms with van der Waals surface area (Å²) in [5.74, 6) is -2.79. The Bertz CT molecular complexity index is 1380. The van der Waals surface area contributed by atoms with E-state index in [9.17, 15) is 19.5 Å². The van der Waals surface area contributed by atoms with Gasteiger partial charge in [-0.3, -0.25) is 14.4 Å². The number of para-hydroxylation sites is 1. The fourth-order valence-electron chi connectivity index (χ4n) is 6.75. The van der Waals surface area contributed by atoms with Crippen LogP contribution in [-0.2, 0) is 19.1 Å². The maximum absolute atomic E-state index is 14.5. The molecule has 0 saturated carbocycles. The zero-order chi connectivity index (χ0) is 28.2. The Kier molecular flexibility index (Phi) is 6.81. The molecule has 208 valence electrons. The molecule has 3 amide bonds. The van der Waals surface area contributed by atoms with Crippen LogP contribution in [0.5, 0.6) is 0 Å². The van der Waals surface area contributed by atoms with Gasteiger partial charge in [0.2, 0.25) is 11.8 Å².